The Hall–Kier alpha value is -2.75. The van der Waals surface area contributed by atoms with Crippen molar-refractivity contribution in [2.24, 2.45) is 0 Å². The molecule has 3 aromatic rings. The highest BCUT2D eigenvalue weighted by Gasteiger charge is 2.23. The minimum absolute atomic E-state index is 0.0789. The number of carbonyl (C=O) groups excluding carboxylic acids is 1. The van der Waals surface area contributed by atoms with Crippen LogP contribution in [0.25, 0.3) is 10.9 Å². The molecule has 0 fully saturated rings. The highest BCUT2D eigenvalue weighted by Crippen LogP contribution is 2.30. The van der Waals surface area contributed by atoms with Gasteiger partial charge in [0.05, 0.1) is 23.0 Å². The van der Waals surface area contributed by atoms with Gasteiger partial charge in [0.15, 0.2) is 0 Å². The molecule has 0 bridgehead atoms. The number of benzene rings is 1. The zero-order valence-corrected chi connectivity index (χ0v) is 12.0. The third kappa shape index (κ3) is 2.13. The van der Waals surface area contributed by atoms with Crippen LogP contribution in [-0.2, 0) is 12.8 Å². The summed E-state index contributed by atoms with van der Waals surface area (Å²) in [5.41, 5.74) is 4.52. The zero-order chi connectivity index (χ0) is 14.9. The van der Waals surface area contributed by atoms with E-state index >= 15 is 0 Å². The number of fused-ring (bicyclic) bond motifs is 2. The van der Waals surface area contributed by atoms with Crippen LogP contribution >= 0.6 is 0 Å². The molecule has 0 radical (unpaired) electrons. The number of para-hydroxylation sites is 1. The number of aryl methyl sites for hydroxylation is 1. The quantitative estimate of drug-likeness (QED) is 0.787. The second kappa shape index (κ2) is 5.22. The minimum Gasteiger partial charge on any atom is -0.321 e. The summed E-state index contributed by atoms with van der Waals surface area (Å²) in [4.78, 5) is 21.6. The Bertz CT molecular complexity index is 859. The van der Waals surface area contributed by atoms with Crippen LogP contribution in [0.15, 0.2) is 48.8 Å². The van der Waals surface area contributed by atoms with Crippen molar-refractivity contribution in [3.05, 3.63) is 65.6 Å². The van der Waals surface area contributed by atoms with E-state index in [2.05, 4.69) is 10.3 Å². The van der Waals surface area contributed by atoms with Crippen molar-refractivity contribution in [1.29, 1.82) is 0 Å². The lowest BCUT2D eigenvalue weighted by Crippen LogP contribution is -2.15. The number of pyridine rings is 2. The normalized spacial score (nSPS) is 13.1. The fourth-order valence-corrected chi connectivity index (χ4v) is 3.10. The van der Waals surface area contributed by atoms with E-state index in [0.717, 1.165) is 47.0 Å². The highest BCUT2D eigenvalue weighted by molar-refractivity contribution is 6.13. The van der Waals surface area contributed by atoms with Crippen LogP contribution in [0, 0.1) is 0 Å². The molecule has 0 atom stereocenters. The van der Waals surface area contributed by atoms with E-state index < -0.39 is 0 Å². The van der Waals surface area contributed by atoms with E-state index in [9.17, 15) is 4.79 Å². The summed E-state index contributed by atoms with van der Waals surface area (Å²) < 4.78 is 0. The van der Waals surface area contributed by atoms with Gasteiger partial charge in [0.1, 0.15) is 0 Å². The number of anilines is 1. The maximum absolute atomic E-state index is 12.8. The first-order valence-corrected chi connectivity index (χ1v) is 7.45. The average molecular weight is 289 g/mol. The summed E-state index contributed by atoms with van der Waals surface area (Å²) >= 11 is 0. The van der Waals surface area contributed by atoms with Crippen molar-refractivity contribution in [3.8, 4) is 0 Å². The minimum atomic E-state index is -0.0789. The van der Waals surface area contributed by atoms with Crippen molar-refractivity contribution < 1.29 is 4.79 Å². The smallest absolute Gasteiger partial charge is 0.256 e. The lowest BCUT2D eigenvalue weighted by atomic mass is 10.0. The monoisotopic (exact) mass is 289 g/mol. The van der Waals surface area contributed by atoms with E-state index in [0.29, 0.717) is 5.69 Å². The molecule has 1 aromatic carbocycles. The van der Waals surface area contributed by atoms with Crippen molar-refractivity contribution >= 4 is 22.5 Å². The summed E-state index contributed by atoms with van der Waals surface area (Å²) in [6, 6.07) is 11.5. The molecule has 0 saturated heterocycles. The first kappa shape index (κ1) is 13.0. The van der Waals surface area contributed by atoms with E-state index in [1.165, 1.54) is 0 Å². The Morgan fingerprint density at radius 3 is 2.86 bits per heavy atom. The fourth-order valence-electron chi connectivity index (χ4n) is 3.10. The second-order valence-electron chi connectivity index (χ2n) is 5.48. The predicted molar refractivity (Wildman–Crippen MR) is 86.0 cm³/mol. The Labute approximate surface area is 128 Å². The zero-order valence-electron chi connectivity index (χ0n) is 12.0. The van der Waals surface area contributed by atoms with E-state index in [4.69, 9.17) is 4.98 Å². The maximum Gasteiger partial charge on any atom is 0.256 e. The summed E-state index contributed by atoms with van der Waals surface area (Å²) in [5.74, 6) is -0.0789. The number of rotatable bonds is 2. The summed E-state index contributed by atoms with van der Waals surface area (Å²) in [5, 5.41) is 3.87. The summed E-state index contributed by atoms with van der Waals surface area (Å²) in [7, 11) is 0. The Morgan fingerprint density at radius 1 is 1.09 bits per heavy atom. The number of carbonyl (C=O) groups is 1. The lowest BCUT2D eigenvalue weighted by Gasteiger charge is -2.12. The molecule has 1 N–H and O–H groups in total. The number of amides is 1. The second-order valence-corrected chi connectivity index (χ2v) is 5.48. The van der Waals surface area contributed by atoms with Gasteiger partial charge in [-0.25, -0.2) is 0 Å². The van der Waals surface area contributed by atoms with Crippen LogP contribution in [0.3, 0.4) is 0 Å². The Kier molecular flexibility index (Phi) is 3.07. The summed E-state index contributed by atoms with van der Waals surface area (Å²) in [6.07, 6.45) is 6.28. The van der Waals surface area contributed by atoms with Gasteiger partial charge in [-0.05, 0) is 43.0 Å². The predicted octanol–water partition coefficient (Wildman–Crippen LogP) is 3.37. The van der Waals surface area contributed by atoms with Gasteiger partial charge < -0.3 is 5.32 Å². The Balaban J connectivity index is 1.85. The molecule has 4 rings (SSSR count). The molecule has 1 aliphatic rings. The number of hydrogen-bond donors (Lipinski definition) is 1. The van der Waals surface area contributed by atoms with Crippen LogP contribution in [0.5, 0.6) is 0 Å². The van der Waals surface area contributed by atoms with Crippen molar-refractivity contribution in [1.82, 2.24) is 9.97 Å². The Morgan fingerprint density at radius 2 is 2.00 bits per heavy atom. The van der Waals surface area contributed by atoms with Gasteiger partial charge in [0.25, 0.3) is 5.91 Å². The lowest BCUT2D eigenvalue weighted by molar-refractivity contribution is 0.102. The van der Waals surface area contributed by atoms with Gasteiger partial charge in [0.2, 0.25) is 0 Å². The SMILES string of the molecule is O=C(Nc1cccnc1)c1c2c(nc3ccccc13)CCC2. The fraction of sp³-hybridized carbons (Fsp3) is 0.167. The standard InChI is InChI=1S/C18H15N3O/c22-18(20-12-5-4-10-19-11-12)17-13-6-1-2-8-15(13)21-16-9-3-7-14(16)17/h1-2,4-6,8,10-11H,3,7,9H2,(H,20,22). The first-order valence-electron chi connectivity index (χ1n) is 7.45. The number of nitrogens with zero attached hydrogens (tertiary/aromatic N) is 2. The van der Waals surface area contributed by atoms with E-state index in [-0.39, 0.29) is 5.91 Å². The topological polar surface area (TPSA) is 54.9 Å². The molecule has 1 aliphatic carbocycles. The van der Waals surface area contributed by atoms with Crippen molar-refractivity contribution in [3.63, 3.8) is 0 Å². The molecule has 1 amide bonds. The number of hydrogen-bond acceptors (Lipinski definition) is 3. The molecule has 4 nitrogen and oxygen atoms in total. The molecule has 0 saturated carbocycles. The van der Waals surface area contributed by atoms with Crippen molar-refractivity contribution in [2.75, 3.05) is 5.32 Å². The number of nitrogens with one attached hydrogen (secondary N) is 1. The molecular formula is C18H15N3O. The van der Waals surface area contributed by atoms with Gasteiger partial charge in [-0.3, -0.25) is 14.8 Å². The molecule has 2 aromatic heterocycles. The van der Waals surface area contributed by atoms with Gasteiger partial charge in [-0.15, -0.1) is 0 Å². The molecule has 0 aliphatic heterocycles. The largest absolute Gasteiger partial charge is 0.321 e. The first-order chi connectivity index (χ1) is 10.8. The third-order valence-corrected chi connectivity index (χ3v) is 4.07. The van der Waals surface area contributed by atoms with Crippen LogP contribution in [0.4, 0.5) is 5.69 Å². The summed E-state index contributed by atoms with van der Waals surface area (Å²) in [6.45, 7) is 0. The molecule has 2 heterocycles. The molecule has 0 spiro atoms. The average Bonchev–Trinajstić information content (AvgIpc) is 3.01. The number of aromatic nitrogens is 2. The molecular weight excluding hydrogens is 274 g/mol. The van der Waals surface area contributed by atoms with Crippen LogP contribution in [0.2, 0.25) is 0 Å². The van der Waals surface area contributed by atoms with Gasteiger partial charge in [0, 0.05) is 17.3 Å². The maximum atomic E-state index is 12.8. The van der Waals surface area contributed by atoms with Crippen LogP contribution < -0.4 is 5.32 Å². The highest BCUT2D eigenvalue weighted by atomic mass is 16.1. The molecule has 0 unspecified atom stereocenters. The van der Waals surface area contributed by atoms with Crippen molar-refractivity contribution in [2.45, 2.75) is 19.3 Å². The third-order valence-electron chi connectivity index (χ3n) is 4.07. The van der Waals surface area contributed by atoms with E-state index in [1.54, 1.807) is 12.4 Å². The molecule has 22 heavy (non-hydrogen) atoms. The van der Waals surface area contributed by atoms with Gasteiger partial charge in [-0.2, -0.15) is 0 Å². The molecule has 4 heteroatoms. The van der Waals surface area contributed by atoms with Crippen LogP contribution in [-0.4, -0.2) is 15.9 Å². The van der Waals surface area contributed by atoms with Gasteiger partial charge in [-0.1, -0.05) is 18.2 Å². The van der Waals surface area contributed by atoms with Crippen LogP contribution in [0.1, 0.15) is 28.0 Å². The van der Waals surface area contributed by atoms with Gasteiger partial charge >= 0.3 is 0 Å². The molecule has 108 valence electrons. The van der Waals surface area contributed by atoms with E-state index in [1.807, 2.05) is 36.4 Å².